The average molecular weight is 315 g/mol. The topological polar surface area (TPSA) is 55.6 Å². The smallest absolute Gasteiger partial charge is 0.254 e. The molecular formula is C15H17N5OS. The molecule has 1 atom stereocenters. The van der Waals surface area contributed by atoms with E-state index in [2.05, 4.69) is 50.5 Å². The van der Waals surface area contributed by atoms with Gasteiger partial charge in [0, 0.05) is 23.2 Å². The highest BCUT2D eigenvalue weighted by Crippen LogP contribution is 2.29. The molecule has 1 unspecified atom stereocenters. The predicted molar refractivity (Wildman–Crippen MR) is 85.4 cm³/mol. The van der Waals surface area contributed by atoms with E-state index in [1.54, 1.807) is 17.7 Å². The number of rotatable bonds is 3. The Bertz CT molecular complexity index is 769. The van der Waals surface area contributed by atoms with Gasteiger partial charge in [-0.2, -0.15) is 14.6 Å². The van der Waals surface area contributed by atoms with Crippen LogP contribution in [0.4, 0.5) is 5.82 Å². The van der Waals surface area contributed by atoms with Crippen molar-refractivity contribution in [3.8, 4) is 0 Å². The minimum atomic E-state index is 0.116. The molecule has 6 nitrogen and oxygen atoms in total. The second-order valence-electron chi connectivity index (χ2n) is 5.25. The van der Waals surface area contributed by atoms with Crippen molar-refractivity contribution in [1.29, 1.82) is 0 Å². The molecule has 4 heterocycles. The van der Waals surface area contributed by atoms with Gasteiger partial charge in [-0.25, -0.2) is 4.98 Å². The zero-order chi connectivity index (χ0) is 14.9. The van der Waals surface area contributed by atoms with Crippen LogP contribution in [0, 0.1) is 0 Å². The minimum Gasteiger partial charge on any atom is -0.369 e. The number of morpholine rings is 1. The Kier molecular flexibility index (Phi) is 3.51. The minimum absolute atomic E-state index is 0.116. The van der Waals surface area contributed by atoms with Crippen LogP contribution in [0.25, 0.3) is 5.78 Å². The van der Waals surface area contributed by atoms with E-state index in [0.29, 0.717) is 12.4 Å². The zero-order valence-corrected chi connectivity index (χ0v) is 13.2. The molecule has 3 aromatic heterocycles. The van der Waals surface area contributed by atoms with E-state index < -0.39 is 0 Å². The highest BCUT2D eigenvalue weighted by molar-refractivity contribution is 7.10. The summed E-state index contributed by atoms with van der Waals surface area (Å²) in [5, 5.41) is 6.41. The molecule has 114 valence electrons. The van der Waals surface area contributed by atoms with Gasteiger partial charge in [-0.1, -0.05) is 13.0 Å². The molecule has 0 amide bonds. The number of hydrogen-bond acceptors (Lipinski definition) is 6. The second kappa shape index (κ2) is 5.66. The molecule has 0 radical (unpaired) electrons. The summed E-state index contributed by atoms with van der Waals surface area (Å²) >= 11 is 1.74. The third-order valence-electron chi connectivity index (χ3n) is 3.90. The molecule has 1 saturated heterocycles. The van der Waals surface area contributed by atoms with E-state index in [9.17, 15) is 0 Å². The molecule has 0 spiro atoms. The summed E-state index contributed by atoms with van der Waals surface area (Å²) in [6.07, 6.45) is 2.56. The van der Waals surface area contributed by atoms with Crippen LogP contribution in [0.15, 0.2) is 29.9 Å². The van der Waals surface area contributed by atoms with Gasteiger partial charge in [-0.05, 0) is 17.9 Å². The zero-order valence-electron chi connectivity index (χ0n) is 12.3. The number of hydrogen-bond donors (Lipinski definition) is 0. The van der Waals surface area contributed by atoms with Gasteiger partial charge in [0.2, 0.25) is 0 Å². The van der Waals surface area contributed by atoms with Crippen molar-refractivity contribution in [1.82, 2.24) is 19.6 Å². The van der Waals surface area contributed by atoms with Gasteiger partial charge in [0.15, 0.2) is 0 Å². The van der Waals surface area contributed by atoms with Crippen LogP contribution in [-0.4, -0.2) is 39.3 Å². The normalized spacial score (nSPS) is 19.0. The van der Waals surface area contributed by atoms with Crippen molar-refractivity contribution in [3.05, 3.63) is 40.5 Å². The van der Waals surface area contributed by atoms with Crippen LogP contribution in [0.5, 0.6) is 0 Å². The van der Waals surface area contributed by atoms with Crippen LogP contribution in [0.3, 0.4) is 0 Å². The molecular weight excluding hydrogens is 298 g/mol. The lowest BCUT2D eigenvalue weighted by molar-refractivity contribution is 0.0417. The number of anilines is 1. The highest BCUT2D eigenvalue weighted by atomic mass is 32.1. The second-order valence-corrected chi connectivity index (χ2v) is 6.23. The van der Waals surface area contributed by atoms with Gasteiger partial charge in [0.1, 0.15) is 18.2 Å². The lowest BCUT2D eigenvalue weighted by Gasteiger charge is -2.34. The van der Waals surface area contributed by atoms with Gasteiger partial charge in [-0.3, -0.25) is 0 Å². The Balaban J connectivity index is 1.70. The molecule has 1 aliphatic rings. The fourth-order valence-electron chi connectivity index (χ4n) is 2.75. The summed E-state index contributed by atoms with van der Waals surface area (Å²) in [4.78, 5) is 12.3. The van der Waals surface area contributed by atoms with E-state index in [-0.39, 0.29) is 6.10 Å². The molecule has 1 fully saturated rings. The van der Waals surface area contributed by atoms with Crippen LogP contribution in [0.2, 0.25) is 0 Å². The van der Waals surface area contributed by atoms with E-state index >= 15 is 0 Å². The summed E-state index contributed by atoms with van der Waals surface area (Å²) in [6.45, 7) is 4.49. The first-order valence-electron chi connectivity index (χ1n) is 7.44. The molecule has 3 aromatic rings. The van der Waals surface area contributed by atoms with Gasteiger partial charge >= 0.3 is 0 Å². The third kappa shape index (κ3) is 2.36. The van der Waals surface area contributed by atoms with E-state index in [1.807, 2.05) is 4.52 Å². The Morgan fingerprint density at radius 3 is 3.23 bits per heavy atom. The van der Waals surface area contributed by atoms with E-state index in [1.165, 1.54) is 4.88 Å². The highest BCUT2D eigenvalue weighted by Gasteiger charge is 2.25. The maximum atomic E-state index is 5.93. The first-order valence-corrected chi connectivity index (χ1v) is 8.32. The molecule has 1 aliphatic heterocycles. The van der Waals surface area contributed by atoms with Crippen LogP contribution in [-0.2, 0) is 11.2 Å². The summed E-state index contributed by atoms with van der Waals surface area (Å²) in [5.41, 5.74) is 1.04. The molecule has 0 bridgehead atoms. The summed E-state index contributed by atoms with van der Waals surface area (Å²) in [6, 6.07) is 6.31. The van der Waals surface area contributed by atoms with Crippen molar-refractivity contribution in [2.24, 2.45) is 0 Å². The maximum Gasteiger partial charge on any atom is 0.254 e. The quantitative estimate of drug-likeness (QED) is 0.742. The van der Waals surface area contributed by atoms with Crippen molar-refractivity contribution in [2.45, 2.75) is 19.4 Å². The van der Waals surface area contributed by atoms with Crippen LogP contribution in [0.1, 0.15) is 23.6 Å². The molecule has 0 aliphatic carbocycles. The molecule has 0 N–H and O–H groups in total. The van der Waals surface area contributed by atoms with Crippen LogP contribution >= 0.6 is 11.3 Å². The monoisotopic (exact) mass is 315 g/mol. The predicted octanol–water partition coefficient (Wildman–Crippen LogP) is 2.33. The standard InChI is InChI=1S/C15H17N5OS/c1-2-11-8-14(20-15(18-11)16-10-17-20)19-5-6-21-12(9-19)13-4-3-7-22-13/h3-4,7-8,10,12H,2,5-6,9H2,1H3. The molecule has 7 heteroatoms. The van der Waals surface area contributed by atoms with Gasteiger partial charge in [-0.15, -0.1) is 11.3 Å². The Morgan fingerprint density at radius 2 is 2.41 bits per heavy atom. The van der Waals surface area contributed by atoms with Gasteiger partial charge in [0.05, 0.1) is 13.2 Å². The third-order valence-corrected chi connectivity index (χ3v) is 4.86. The number of fused-ring (bicyclic) bond motifs is 1. The fraction of sp³-hybridized carbons (Fsp3) is 0.400. The largest absolute Gasteiger partial charge is 0.369 e. The molecule has 0 saturated carbocycles. The van der Waals surface area contributed by atoms with Crippen molar-refractivity contribution in [3.63, 3.8) is 0 Å². The lowest BCUT2D eigenvalue weighted by atomic mass is 10.2. The van der Waals surface area contributed by atoms with Gasteiger partial charge in [0.25, 0.3) is 5.78 Å². The fourth-order valence-corrected chi connectivity index (χ4v) is 3.52. The maximum absolute atomic E-state index is 5.93. The SMILES string of the molecule is CCc1cc(N2CCOC(c3cccs3)C2)n2ncnc2n1. The number of ether oxygens (including phenoxy) is 1. The van der Waals surface area contributed by atoms with Crippen molar-refractivity contribution in [2.75, 3.05) is 24.6 Å². The average Bonchev–Trinajstić information content (AvgIpc) is 3.25. The summed E-state index contributed by atoms with van der Waals surface area (Å²) in [7, 11) is 0. The number of nitrogens with zero attached hydrogens (tertiary/aromatic N) is 5. The van der Waals surface area contributed by atoms with E-state index in [0.717, 1.165) is 31.0 Å². The number of aryl methyl sites for hydroxylation is 1. The van der Waals surface area contributed by atoms with Crippen LogP contribution < -0.4 is 4.90 Å². The number of thiophene rings is 1. The first kappa shape index (κ1) is 13.7. The molecule has 22 heavy (non-hydrogen) atoms. The molecule has 4 rings (SSSR count). The van der Waals surface area contributed by atoms with Crippen molar-refractivity contribution < 1.29 is 4.74 Å². The van der Waals surface area contributed by atoms with Gasteiger partial charge < -0.3 is 9.64 Å². The Labute approximate surface area is 132 Å². The molecule has 0 aromatic carbocycles. The summed E-state index contributed by atoms with van der Waals surface area (Å²) < 4.78 is 7.75. The Morgan fingerprint density at radius 1 is 1.45 bits per heavy atom. The van der Waals surface area contributed by atoms with E-state index in [4.69, 9.17) is 4.74 Å². The summed E-state index contributed by atoms with van der Waals surface area (Å²) in [5.74, 6) is 1.71. The lowest BCUT2D eigenvalue weighted by Crippen LogP contribution is -2.39. The van der Waals surface area contributed by atoms with Crippen molar-refractivity contribution >= 4 is 22.9 Å². The number of aromatic nitrogens is 4. The first-order chi connectivity index (χ1) is 10.8. The Hall–Kier alpha value is -1.99.